The summed E-state index contributed by atoms with van der Waals surface area (Å²) in [4.78, 5) is 14.4. The van der Waals surface area contributed by atoms with Crippen molar-refractivity contribution in [3.05, 3.63) is 0 Å². The molecule has 4 heteroatoms. The molecule has 0 bridgehead atoms. The highest BCUT2D eigenvalue weighted by Gasteiger charge is 2.37. The first-order valence-electron chi connectivity index (χ1n) is 6.67. The third-order valence-corrected chi connectivity index (χ3v) is 4.16. The Hall–Kier alpha value is -0.610. The van der Waals surface area contributed by atoms with Crippen molar-refractivity contribution in [2.24, 2.45) is 5.41 Å². The summed E-state index contributed by atoms with van der Waals surface area (Å²) in [6.45, 7) is 6.91. The molecule has 0 aromatic carbocycles. The smallest absolute Gasteiger partial charge is 0.226 e. The summed E-state index contributed by atoms with van der Waals surface area (Å²) in [5.41, 5.74) is -0.128. The topological polar surface area (TPSA) is 44.4 Å². The van der Waals surface area contributed by atoms with Gasteiger partial charge in [-0.25, -0.2) is 0 Å². The van der Waals surface area contributed by atoms with Crippen molar-refractivity contribution in [3.8, 4) is 0 Å². The number of amides is 1. The van der Waals surface area contributed by atoms with Crippen LogP contribution in [-0.4, -0.2) is 50.6 Å². The van der Waals surface area contributed by atoms with Gasteiger partial charge in [-0.15, -0.1) is 0 Å². The molecule has 0 aromatic heterocycles. The van der Waals surface area contributed by atoms with E-state index in [1.165, 1.54) is 0 Å². The monoisotopic (exact) mass is 241 g/mol. The maximum atomic E-state index is 12.3. The van der Waals surface area contributed by atoms with Crippen molar-refractivity contribution < 1.29 is 4.79 Å². The lowest BCUT2D eigenvalue weighted by atomic mass is 9.76. The molecule has 0 saturated carbocycles. The largest absolute Gasteiger partial charge is 0.354 e. The van der Waals surface area contributed by atoms with E-state index in [1.54, 1.807) is 0 Å². The Morgan fingerprint density at radius 3 is 2.47 bits per heavy atom. The summed E-state index contributed by atoms with van der Waals surface area (Å²) in [7, 11) is 4.08. The van der Waals surface area contributed by atoms with Gasteiger partial charge in [0.1, 0.15) is 0 Å². The number of hydrogen-bond acceptors (Lipinski definition) is 3. The highest BCUT2D eigenvalue weighted by Crippen LogP contribution is 2.32. The van der Waals surface area contributed by atoms with Gasteiger partial charge in [-0.3, -0.25) is 4.79 Å². The lowest BCUT2D eigenvalue weighted by Gasteiger charge is -2.36. The van der Waals surface area contributed by atoms with Crippen LogP contribution in [0.3, 0.4) is 0 Å². The van der Waals surface area contributed by atoms with Crippen LogP contribution >= 0.6 is 0 Å². The SMILES string of the molecule is CCC1(C(=O)NCC(C)N(C)C)CCNCC1. The van der Waals surface area contributed by atoms with Gasteiger partial charge >= 0.3 is 0 Å². The number of likely N-dealkylation sites (N-methyl/N-ethyl adjacent to an activating group) is 1. The molecule has 1 heterocycles. The number of rotatable bonds is 5. The average Bonchev–Trinajstić information content (AvgIpc) is 2.36. The average molecular weight is 241 g/mol. The molecule has 0 spiro atoms. The minimum absolute atomic E-state index is 0.128. The van der Waals surface area contributed by atoms with Crippen LogP contribution in [0.2, 0.25) is 0 Å². The summed E-state index contributed by atoms with van der Waals surface area (Å²) < 4.78 is 0. The molecule has 100 valence electrons. The Morgan fingerprint density at radius 1 is 1.41 bits per heavy atom. The van der Waals surface area contributed by atoms with Crippen molar-refractivity contribution in [3.63, 3.8) is 0 Å². The lowest BCUT2D eigenvalue weighted by Crippen LogP contribution is -2.49. The number of hydrogen-bond donors (Lipinski definition) is 2. The zero-order valence-electron chi connectivity index (χ0n) is 11.7. The van der Waals surface area contributed by atoms with Crippen LogP contribution in [0.1, 0.15) is 33.1 Å². The molecule has 17 heavy (non-hydrogen) atoms. The van der Waals surface area contributed by atoms with Crippen molar-refractivity contribution in [1.82, 2.24) is 15.5 Å². The number of carbonyl (C=O) groups is 1. The van der Waals surface area contributed by atoms with E-state index in [0.29, 0.717) is 6.04 Å². The van der Waals surface area contributed by atoms with Gasteiger partial charge in [0.2, 0.25) is 5.91 Å². The van der Waals surface area contributed by atoms with E-state index in [0.717, 1.165) is 38.9 Å². The minimum atomic E-state index is -0.128. The molecule has 1 aliphatic rings. The standard InChI is InChI=1S/C13H27N3O/c1-5-13(6-8-14-9-7-13)12(17)15-10-11(2)16(3)4/h11,14H,5-10H2,1-4H3,(H,15,17). The molecule has 0 aliphatic carbocycles. The Bertz CT molecular complexity index is 247. The fraction of sp³-hybridized carbons (Fsp3) is 0.923. The summed E-state index contributed by atoms with van der Waals surface area (Å²) in [5, 5.41) is 6.44. The van der Waals surface area contributed by atoms with Crippen LogP contribution < -0.4 is 10.6 Å². The Balaban J connectivity index is 2.49. The molecule has 4 nitrogen and oxygen atoms in total. The maximum Gasteiger partial charge on any atom is 0.226 e. The molecule has 1 aliphatic heterocycles. The summed E-state index contributed by atoms with van der Waals surface area (Å²) in [5.74, 6) is 0.246. The molecular weight excluding hydrogens is 214 g/mol. The molecule has 0 aromatic rings. The first-order chi connectivity index (χ1) is 8.02. The molecule has 1 amide bonds. The van der Waals surface area contributed by atoms with Gasteiger partial charge in [0.05, 0.1) is 5.41 Å². The second-order valence-corrected chi connectivity index (χ2v) is 5.41. The van der Waals surface area contributed by atoms with Gasteiger partial charge in [0.25, 0.3) is 0 Å². The summed E-state index contributed by atoms with van der Waals surface area (Å²) >= 11 is 0. The van der Waals surface area contributed by atoms with E-state index < -0.39 is 0 Å². The van der Waals surface area contributed by atoms with Gasteiger partial charge in [-0.1, -0.05) is 6.92 Å². The third kappa shape index (κ3) is 3.68. The van der Waals surface area contributed by atoms with E-state index in [4.69, 9.17) is 0 Å². The number of nitrogens with zero attached hydrogens (tertiary/aromatic N) is 1. The highest BCUT2D eigenvalue weighted by atomic mass is 16.2. The van der Waals surface area contributed by atoms with Crippen LogP contribution in [-0.2, 0) is 4.79 Å². The highest BCUT2D eigenvalue weighted by molar-refractivity contribution is 5.82. The van der Waals surface area contributed by atoms with Gasteiger partial charge in [-0.05, 0) is 53.4 Å². The Morgan fingerprint density at radius 2 is 2.00 bits per heavy atom. The summed E-state index contributed by atoms with van der Waals surface area (Å²) in [6.07, 6.45) is 2.87. The van der Waals surface area contributed by atoms with E-state index in [2.05, 4.69) is 29.4 Å². The van der Waals surface area contributed by atoms with Crippen LogP contribution in [0.4, 0.5) is 0 Å². The predicted octanol–water partition coefficient (Wildman–Crippen LogP) is 0.833. The molecule has 2 N–H and O–H groups in total. The van der Waals surface area contributed by atoms with Gasteiger partial charge in [0, 0.05) is 12.6 Å². The molecule has 1 rings (SSSR count). The Labute approximate surface area is 105 Å². The van der Waals surface area contributed by atoms with Gasteiger partial charge in [0.15, 0.2) is 0 Å². The van der Waals surface area contributed by atoms with Crippen LogP contribution in [0, 0.1) is 5.41 Å². The van der Waals surface area contributed by atoms with E-state index in [-0.39, 0.29) is 11.3 Å². The maximum absolute atomic E-state index is 12.3. The second kappa shape index (κ2) is 6.36. The second-order valence-electron chi connectivity index (χ2n) is 5.41. The van der Waals surface area contributed by atoms with Crippen LogP contribution in [0.25, 0.3) is 0 Å². The zero-order valence-corrected chi connectivity index (χ0v) is 11.7. The van der Waals surface area contributed by atoms with E-state index >= 15 is 0 Å². The van der Waals surface area contributed by atoms with Gasteiger partial charge in [-0.2, -0.15) is 0 Å². The van der Waals surface area contributed by atoms with Crippen molar-refractivity contribution in [2.45, 2.75) is 39.2 Å². The van der Waals surface area contributed by atoms with Gasteiger partial charge < -0.3 is 15.5 Å². The number of nitrogens with one attached hydrogen (secondary N) is 2. The Kier molecular flexibility index (Phi) is 5.40. The normalized spacial score (nSPS) is 21.2. The molecular formula is C13H27N3O. The van der Waals surface area contributed by atoms with Crippen LogP contribution in [0.15, 0.2) is 0 Å². The quantitative estimate of drug-likeness (QED) is 0.749. The molecule has 1 fully saturated rings. The number of carbonyl (C=O) groups excluding carboxylic acids is 1. The lowest BCUT2D eigenvalue weighted by molar-refractivity contribution is -0.133. The van der Waals surface area contributed by atoms with Crippen molar-refractivity contribution in [2.75, 3.05) is 33.7 Å². The minimum Gasteiger partial charge on any atom is -0.354 e. The third-order valence-electron chi connectivity index (χ3n) is 4.16. The fourth-order valence-electron chi connectivity index (χ4n) is 2.26. The van der Waals surface area contributed by atoms with Crippen LogP contribution in [0.5, 0.6) is 0 Å². The zero-order chi connectivity index (χ0) is 12.9. The first kappa shape index (κ1) is 14.5. The van der Waals surface area contributed by atoms with Crippen molar-refractivity contribution >= 4 is 5.91 Å². The number of piperidine rings is 1. The summed E-state index contributed by atoms with van der Waals surface area (Å²) in [6, 6.07) is 0.384. The first-order valence-corrected chi connectivity index (χ1v) is 6.67. The molecule has 0 radical (unpaired) electrons. The molecule has 1 atom stereocenters. The van der Waals surface area contributed by atoms with Crippen molar-refractivity contribution in [1.29, 1.82) is 0 Å². The molecule has 1 unspecified atom stereocenters. The fourth-order valence-corrected chi connectivity index (χ4v) is 2.26. The van der Waals surface area contributed by atoms with E-state index in [9.17, 15) is 4.79 Å². The van der Waals surface area contributed by atoms with E-state index in [1.807, 2.05) is 14.1 Å². The molecule has 1 saturated heterocycles. The predicted molar refractivity (Wildman–Crippen MR) is 71.0 cm³/mol.